The van der Waals surface area contributed by atoms with E-state index in [2.05, 4.69) is 4.72 Å². The highest BCUT2D eigenvalue weighted by molar-refractivity contribution is 7.90. The summed E-state index contributed by atoms with van der Waals surface area (Å²) in [6.07, 6.45) is 0.700. The van der Waals surface area contributed by atoms with Gasteiger partial charge in [0.2, 0.25) is 10.0 Å². The molecule has 1 rings (SSSR count). The molecule has 2 N–H and O–H groups in total. The van der Waals surface area contributed by atoms with Gasteiger partial charge >= 0.3 is 5.97 Å². The molecule has 100 valence electrons. The van der Waals surface area contributed by atoms with E-state index in [1.54, 1.807) is 0 Å². The average molecular weight is 265 g/mol. The molecular formula is C10H19NO5S. The summed E-state index contributed by atoms with van der Waals surface area (Å²) in [5, 5.41) is 8.34. The van der Waals surface area contributed by atoms with Gasteiger partial charge in [0, 0.05) is 6.61 Å². The number of aliphatic carboxylic acids is 1. The molecule has 1 aliphatic rings. The van der Waals surface area contributed by atoms with Crippen LogP contribution < -0.4 is 4.72 Å². The van der Waals surface area contributed by atoms with E-state index in [0.717, 1.165) is 0 Å². The number of rotatable bonds is 6. The predicted molar refractivity (Wildman–Crippen MR) is 62.2 cm³/mol. The SMILES string of the molecule is CC(C)C[C@H](NS(=O)(=O)C1CCOC1)C(=O)O. The molecule has 1 saturated heterocycles. The van der Waals surface area contributed by atoms with Crippen LogP contribution in [-0.4, -0.2) is 44.0 Å². The fourth-order valence-corrected chi connectivity index (χ4v) is 3.19. The lowest BCUT2D eigenvalue weighted by molar-refractivity contribution is -0.139. The van der Waals surface area contributed by atoms with E-state index < -0.39 is 27.3 Å². The molecule has 0 radical (unpaired) electrons. The van der Waals surface area contributed by atoms with E-state index >= 15 is 0 Å². The fourth-order valence-electron chi connectivity index (χ4n) is 1.72. The molecule has 2 atom stereocenters. The smallest absolute Gasteiger partial charge is 0.321 e. The molecule has 0 amide bonds. The number of sulfonamides is 1. The minimum absolute atomic E-state index is 0.110. The third kappa shape index (κ3) is 4.25. The van der Waals surface area contributed by atoms with Crippen molar-refractivity contribution >= 4 is 16.0 Å². The first-order valence-corrected chi connectivity index (χ1v) is 7.19. The maximum atomic E-state index is 11.9. The summed E-state index contributed by atoms with van der Waals surface area (Å²) in [4.78, 5) is 11.0. The Kier molecular flexibility index (Phi) is 4.91. The van der Waals surface area contributed by atoms with E-state index in [0.29, 0.717) is 13.0 Å². The lowest BCUT2D eigenvalue weighted by Crippen LogP contribution is -2.45. The van der Waals surface area contributed by atoms with Crippen molar-refractivity contribution in [3.05, 3.63) is 0 Å². The lowest BCUT2D eigenvalue weighted by Gasteiger charge is -2.18. The van der Waals surface area contributed by atoms with Crippen molar-refractivity contribution in [1.29, 1.82) is 0 Å². The Morgan fingerprint density at radius 1 is 1.53 bits per heavy atom. The van der Waals surface area contributed by atoms with E-state index in [1.807, 2.05) is 13.8 Å². The van der Waals surface area contributed by atoms with Crippen molar-refractivity contribution < 1.29 is 23.1 Å². The summed E-state index contributed by atoms with van der Waals surface area (Å²) in [5.41, 5.74) is 0. The molecule has 1 aliphatic heterocycles. The number of carboxylic acids is 1. The third-order valence-corrected chi connectivity index (χ3v) is 4.50. The molecule has 1 unspecified atom stereocenters. The van der Waals surface area contributed by atoms with Crippen molar-refractivity contribution in [2.24, 2.45) is 5.92 Å². The van der Waals surface area contributed by atoms with Crippen molar-refractivity contribution in [2.45, 2.75) is 38.0 Å². The summed E-state index contributed by atoms with van der Waals surface area (Å²) >= 11 is 0. The standard InChI is InChI=1S/C10H19NO5S/c1-7(2)5-9(10(12)13)11-17(14,15)8-3-4-16-6-8/h7-9,11H,3-6H2,1-2H3,(H,12,13)/t8?,9-/m0/s1. The Labute approximate surface area is 101 Å². The largest absolute Gasteiger partial charge is 0.480 e. The van der Waals surface area contributed by atoms with E-state index in [4.69, 9.17) is 9.84 Å². The zero-order chi connectivity index (χ0) is 13.1. The Hall–Kier alpha value is -0.660. The molecule has 0 aromatic heterocycles. The summed E-state index contributed by atoms with van der Waals surface area (Å²) in [6.45, 7) is 4.25. The monoisotopic (exact) mass is 265 g/mol. The van der Waals surface area contributed by atoms with Crippen LogP contribution in [0.5, 0.6) is 0 Å². The third-order valence-electron chi connectivity index (χ3n) is 2.64. The van der Waals surface area contributed by atoms with Crippen molar-refractivity contribution in [3.8, 4) is 0 Å². The molecule has 0 saturated carbocycles. The van der Waals surface area contributed by atoms with E-state index in [-0.39, 0.29) is 18.9 Å². The van der Waals surface area contributed by atoms with Crippen LogP contribution in [-0.2, 0) is 19.6 Å². The first-order chi connectivity index (χ1) is 7.83. The number of ether oxygens (including phenoxy) is 1. The zero-order valence-corrected chi connectivity index (χ0v) is 10.9. The lowest BCUT2D eigenvalue weighted by atomic mass is 10.1. The number of nitrogens with one attached hydrogen (secondary N) is 1. The van der Waals surface area contributed by atoms with Gasteiger partial charge in [-0.2, -0.15) is 0 Å². The second-order valence-electron chi connectivity index (χ2n) is 4.67. The van der Waals surface area contributed by atoms with Crippen LogP contribution in [0.2, 0.25) is 0 Å². The van der Waals surface area contributed by atoms with Gasteiger partial charge in [-0.1, -0.05) is 13.8 Å². The first-order valence-electron chi connectivity index (χ1n) is 5.64. The molecule has 6 nitrogen and oxygen atoms in total. The quantitative estimate of drug-likeness (QED) is 0.715. The Morgan fingerprint density at radius 3 is 2.59 bits per heavy atom. The topological polar surface area (TPSA) is 92.7 Å². The van der Waals surface area contributed by atoms with Gasteiger partial charge in [-0.3, -0.25) is 4.79 Å². The number of carboxylic acid groups (broad SMARTS) is 1. The van der Waals surface area contributed by atoms with Gasteiger partial charge < -0.3 is 9.84 Å². The van der Waals surface area contributed by atoms with Crippen LogP contribution in [0, 0.1) is 5.92 Å². The van der Waals surface area contributed by atoms with Crippen LogP contribution >= 0.6 is 0 Å². The van der Waals surface area contributed by atoms with Gasteiger partial charge in [0.25, 0.3) is 0 Å². The molecule has 0 spiro atoms. The van der Waals surface area contributed by atoms with Gasteiger partial charge in [0.15, 0.2) is 0 Å². The Morgan fingerprint density at radius 2 is 2.18 bits per heavy atom. The Bertz CT molecular complexity index is 359. The van der Waals surface area contributed by atoms with Crippen LogP contribution in [0.15, 0.2) is 0 Å². The predicted octanol–water partition coefficient (Wildman–Crippen LogP) is 0.194. The van der Waals surface area contributed by atoms with Crippen molar-refractivity contribution in [3.63, 3.8) is 0 Å². The normalized spacial score (nSPS) is 22.9. The second kappa shape index (κ2) is 5.79. The highest BCUT2D eigenvalue weighted by Gasteiger charge is 2.33. The zero-order valence-electron chi connectivity index (χ0n) is 10.0. The van der Waals surface area contributed by atoms with Crippen LogP contribution in [0.1, 0.15) is 26.7 Å². The molecule has 7 heteroatoms. The maximum absolute atomic E-state index is 11.9. The summed E-state index contributed by atoms with van der Waals surface area (Å²) in [7, 11) is -3.61. The second-order valence-corrected chi connectivity index (χ2v) is 6.66. The maximum Gasteiger partial charge on any atom is 0.321 e. The van der Waals surface area contributed by atoms with Gasteiger partial charge in [0.05, 0.1) is 6.61 Å². The summed E-state index contributed by atoms with van der Waals surface area (Å²) < 4.78 is 31.0. The number of carbonyl (C=O) groups is 1. The highest BCUT2D eigenvalue weighted by Crippen LogP contribution is 2.15. The molecule has 0 aromatic carbocycles. The number of hydrogen-bond acceptors (Lipinski definition) is 4. The van der Waals surface area contributed by atoms with E-state index in [1.165, 1.54) is 0 Å². The highest BCUT2D eigenvalue weighted by atomic mass is 32.2. The van der Waals surface area contributed by atoms with Crippen LogP contribution in [0.25, 0.3) is 0 Å². The molecule has 0 aromatic rings. The van der Waals surface area contributed by atoms with Crippen LogP contribution in [0.3, 0.4) is 0 Å². The molecule has 1 heterocycles. The minimum Gasteiger partial charge on any atom is -0.480 e. The molecule has 0 bridgehead atoms. The van der Waals surface area contributed by atoms with E-state index in [9.17, 15) is 13.2 Å². The average Bonchev–Trinajstić information content (AvgIpc) is 2.68. The summed E-state index contributed by atoms with van der Waals surface area (Å²) in [6, 6.07) is -1.06. The molecule has 0 aliphatic carbocycles. The van der Waals surface area contributed by atoms with Gasteiger partial charge in [-0.05, 0) is 18.8 Å². The van der Waals surface area contributed by atoms with Crippen molar-refractivity contribution in [1.82, 2.24) is 4.72 Å². The fraction of sp³-hybridized carbons (Fsp3) is 0.900. The summed E-state index contributed by atoms with van der Waals surface area (Å²) in [5.74, 6) is -1.03. The molecular weight excluding hydrogens is 246 g/mol. The molecule has 17 heavy (non-hydrogen) atoms. The Balaban J connectivity index is 2.68. The van der Waals surface area contributed by atoms with Gasteiger partial charge in [-0.25, -0.2) is 13.1 Å². The first kappa shape index (κ1) is 14.4. The van der Waals surface area contributed by atoms with Gasteiger partial charge in [-0.15, -0.1) is 0 Å². The van der Waals surface area contributed by atoms with Gasteiger partial charge in [0.1, 0.15) is 11.3 Å². The van der Waals surface area contributed by atoms with Crippen molar-refractivity contribution in [2.75, 3.05) is 13.2 Å². The molecule has 1 fully saturated rings. The minimum atomic E-state index is -3.61. The van der Waals surface area contributed by atoms with Crippen LogP contribution in [0.4, 0.5) is 0 Å². The number of hydrogen-bond donors (Lipinski definition) is 2.